The first-order chi connectivity index (χ1) is 11.9. The molecule has 0 aliphatic carbocycles. The summed E-state index contributed by atoms with van der Waals surface area (Å²) in [7, 11) is 0. The first kappa shape index (κ1) is 18.4. The monoisotopic (exact) mass is 350 g/mol. The normalized spacial score (nSPS) is 16.3. The smallest absolute Gasteiger partial charge is 0.407 e. The SMILES string of the molecule is CC(NC(=O)OCc1ccccc1)[C@H](O)C(=O)ON1C(=O)CCC1=O. The Hall–Kier alpha value is -2.94. The van der Waals surface area contributed by atoms with E-state index >= 15 is 0 Å². The lowest BCUT2D eigenvalue weighted by molar-refractivity contribution is -0.204. The molecule has 25 heavy (non-hydrogen) atoms. The second-order valence-electron chi connectivity index (χ2n) is 5.43. The minimum atomic E-state index is -1.77. The summed E-state index contributed by atoms with van der Waals surface area (Å²) in [4.78, 5) is 50.8. The zero-order valence-corrected chi connectivity index (χ0v) is 13.5. The molecule has 1 saturated heterocycles. The van der Waals surface area contributed by atoms with Crippen LogP contribution in [0.3, 0.4) is 0 Å². The molecule has 0 radical (unpaired) electrons. The standard InChI is InChI=1S/C16H18N2O7/c1-10(17-16(23)24-9-11-5-3-2-4-6-11)14(21)15(22)25-18-12(19)7-8-13(18)20/h2-6,10,14,21H,7-9H2,1H3,(H,17,23)/t10?,14-/m0/s1. The highest BCUT2D eigenvalue weighted by Gasteiger charge is 2.36. The molecular formula is C16H18N2O7. The highest BCUT2D eigenvalue weighted by molar-refractivity contribution is 6.01. The van der Waals surface area contributed by atoms with Crippen LogP contribution >= 0.6 is 0 Å². The van der Waals surface area contributed by atoms with Gasteiger partial charge in [0.25, 0.3) is 11.8 Å². The summed E-state index contributed by atoms with van der Waals surface area (Å²) in [5, 5.41) is 12.5. The van der Waals surface area contributed by atoms with Crippen molar-refractivity contribution >= 4 is 23.9 Å². The lowest BCUT2D eigenvalue weighted by Crippen LogP contribution is -2.47. The number of imide groups is 1. The van der Waals surface area contributed by atoms with Crippen LogP contribution in [0.2, 0.25) is 0 Å². The molecule has 1 heterocycles. The molecule has 9 nitrogen and oxygen atoms in total. The van der Waals surface area contributed by atoms with Gasteiger partial charge in [0.2, 0.25) is 0 Å². The van der Waals surface area contributed by atoms with Gasteiger partial charge in [0.15, 0.2) is 6.10 Å². The number of carbonyl (C=O) groups is 4. The zero-order chi connectivity index (χ0) is 18.4. The number of hydrogen-bond donors (Lipinski definition) is 2. The number of aliphatic hydroxyl groups excluding tert-OH is 1. The van der Waals surface area contributed by atoms with Crippen molar-refractivity contribution in [2.75, 3.05) is 0 Å². The van der Waals surface area contributed by atoms with E-state index in [2.05, 4.69) is 10.2 Å². The van der Waals surface area contributed by atoms with Crippen LogP contribution in [0.25, 0.3) is 0 Å². The van der Waals surface area contributed by atoms with Crippen LogP contribution in [-0.4, -0.2) is 46.2 Å². The van der Waals surface area contributed by atoms with Crippen LogP contribution in [0.1, 0.15) is 25.3 Å². The van der Waals surface area contributed by atoms with Crippen molar-refractivity contribution in [2.45, 2.75) is 38.5 Å². The number of rotatable bonds is 6. The molecule has 1 fully saturated rings. The summed E-state index contributed by atoms with van der Waals surface area (Å²) >= 11 is 0. The maximum absolute atomic E-state index is 11.8. The van der Waals surface area contributed by atoms with Crippen molar-refractivity contribution < 1.29 is 33.9 Å². The molecule has 0 aromatic heterocycles. The third-order valence-electron chi connectivity index (χ3n) is 3.46. The molecule has 1 aromatic carbocycles. The van der Waals surface area contributed by atoms with Crippen molar-refractivity contribution in [3.05, 3.63) is 35.9 Å². The number of nitrogens with one attached hydrogen (secondary N) is 1. The molecule has 1 aromatic rings. The molecule has 1 aliphatic rings. The Morgan fingerprint density at radius 2 is 1.80 bits per heavy atom. The summed E-state index contributed by atoms with van der Waals surface area (Å²) in [5.74, 6) is -2.54. The highest BCUT2D eigenvalue weighted by Crippen LogP contribution is 2.13. The number of carbonyl (C=O) groups excluding carboxylic acids is 4. The van der Waals surface area contributed by atoms with Gasteiger partial charge in [-0.25, -0.2) is 9.59 Å². The molecule has 1 unspecified atom stereocenters. The fourth-order valence-electron chi connectivity index (χ4n) is 2.04. The predicted molar refractivity (Wildman–Crippen MR) is 82.4 cm³/mol. The van der Waals surface area contributed by atoms with Crippen LogP contribution in [0.15, 0.2) is 30.3 Å². The number of hydrogen-bond acceptors (Lipinski definition) is 7. The van der Waals surface area contributed by atoms with Gasteiger partial charge < -0.3 is 20.0 Å². The van der Waals surface area contributed by atoms with Crippen molar-refractivity contribution in [1.82, 2.24) is 10.4 Å². The van der Waals surface area contributed by atoms with Crippen molar-refractivity contribution in [3.63, 3.8) is 0 Å². The van der Waals surface area contributed by atoms with E-state index in [4.69, 9.17) is 4.74 Å². The Morgan fingerprint density at radius 1 is 1.20 bits per heavy atom. The van der Waals surface area contributed by atoms with Gasteiger partial charge in [0.05, 0.1) is 6.04 Å². The van der Waals surface area contributed by atoms with Crippen molar-refractivity contribution in [1.29, 1.82) is 0 Å². The Balaban J connectivity index is 1.79. The molecule has 9 heteroatoms. The molecule has 2 N–H and O–H groups in total. The van der Waals surface area contributed by atoms with E-state index in [1.165, 1.54) is 6.92 Å². The number of hydroxylamine groups is 2. The molecule has 1 aliphatic heterocycles. The summed E-state index contributed by atoms with van der Waals surface area (Å²) < 4.78 is 4.96. The average Bonchev–Trinajstić information content (AvgIpc) is 2.92. The van der Waals surface area contributed by atoms with Gasteiger partial charge in [-0.05, 0) is 12.5 Å². The third-order valence-corrected chi connectivity index (χ3v) is 3.46. The Kier molecular flexibility index (Phi) is 6.07. The van der Waals surface area contributed by atoms with E-state index in [1.54, 1.807) is 24.3 Å². The number of ether oxygens (including phenoxy) is 1. The second-order valence-corrected chi connectivity index (χ2v) is 5.43. The molecule has 2 rings (SSSR count). The number of benzene rings is 1. The van der Waals surface area contributed by atoms with E-state index in [0.717, 1.165) is 5.56 Å². The molecule has 2 atom stereocenters. The number of amides is 3. The topological polar surface area (TPSA) is 122 Å². The van der Waals surface area contributed by atoms with Gasteiger partial charge in [0.1, 0.15) is 6.61 Å². The molecular weight excluding hydrogens is 332 g/mol. The van der Waals surface area contributed by atoms with Gasteiger partial charge in [-0.15, -0.1) is 5.06 Å². The Morgan fingerprint density at radius 3 is 2.40 bits per heavy atom. The fourth-order valence-corrected chi connectivity index (χ4v) is 2.04. The lowest BCUT2D eigenvalue weighted by Gasteiger charge is -2.20. The quantitative estimate of drug-likeness (QED) is 0.706. The van der Waals surface area contributed by atoms with Crippen LogP contribution < -0.4 is 5.32 Å². The highest BCUT2D eigenvalue weighted by atomic mass is 16.7. The van der Waals surface area contributed by atoms with E-state index in [-0.39, 0.29) is 19.4 Å². The largest absolute Gasteiger partial charge is 0.445 e. The first-order valence-electron chi connectivity index (χ1n) is 7.61. The molecule has 134 valence electrons. The number of aliphatic hydroxyl groups is 1. The lowest BCUT2D eigenvalue weighted by atomic mass is 10.2. The Labute approximate surface area is 143 Å². The minimum Gasteiger partial charge on any atom is -0.445 e. The maximum Gasteiger partial charge on any atom is 0.407 e. The van der Waals surface area contributed by atoms with Crippen LogP contribution in [0, 0.1) is 0 Å². The summed E-state index contributed by atoms with van der Waals surface area (Å²) in [6.45, 7) is 1.38. The predicted octanol–water partition coefficient (Wildman–Crippen LogP) is 0.269. The molecule has 0 spiro atoms. The first-order valence-corrected chi connectivity index (χ1v) is 7.61. The summed E-state index contributed by atoms with van der Waals surface area (Å²) in [6, 6.07) is 7.90. The van der Waals surface area contributed by atoms with Gasteiger partial charge in [-0.3, -0.25) is 9.59 Å². The zero-order valence-electron chi connectivity index (χ0n) is 13.5. The average molecular weight is 350 g/mol. The number of nitrogens with zero attached hydrogens (tertiary/aromatic N) is 1. The Bertz CT molecular complexity index is 646. The van der Waals surface area contributed by atoms with E-state index < -0.39 is 36.0 Å². The van der Waals surface area contributed by atoms with Crippen molar-refractivity contribution in [3.8, 4) is 0 Å². The maximum atomic E-state index is 11.8. The van der Waals surface area contributed by atoms with E-state index in [1.807, 2.05) is 6.07 Å². The van der Waals surface area contributed by atoms with E-state index in [9.17, 15) is 24.3 Å². The molecule has 0 bridgehead atoms. The van der Waals surface area contributed by atoms with Gasteiger partial charge in [0, 0.05) is 12.8 Å². The van der Waals surface area contributed by atoms with Crippen molar-refractivity contribution in [2.24, 2.45) is 0 Å². The van der Waals surface area contributed by atoms with Gasteiger partial charge in [-0.2, -0.15) is 0 Å². The van der Waals surface area contributed by atoms with E-state index in [0.29, 0.717) is 5.06 Å². The molecule has 3 amide bonds. The second kappa shape index (κ2) is 8.25. The molecule has 0 saturated carbocycles. The van der Waals surface area contributed by atoms with Crippen LogP contribution in [-0.2, 0) is 30.6 Å². The third kappa shape index (κ3) is 5.01. The minimum absolute atomic E-state index is 0.0245. The van der Waals surface area contributed by atoms with Crippen LogP contribution in [0.5, 0.6) is 0 Å². The van der Waals surface area contributed by atoms with Gasteiger partial charge >= 0.3 is 12.1 Å². The van der Waals surface area contributed by atoms with Crippen LogP contribution in [0.4, 0.5) is 4.79 Å². The number of alkyl carbamates (subject to hydrolysis) is 1. The van der Waals surface area contributed by atoms with Gasteiger partial charge in [-0.1, -0.05) is 30.3 Å². The summed E-state index contributed by atoms with van der Waals surface area (Å²) in [6.07, 6.45) is -2.72. The summed E-state index contributed by atoms with van der Waals surface area (Å²) in [5.41, 5.74) is 0.774. The fraction of sp³-hybridized carbons (Fsp3) is 0.375.